The molecule has 0 atom stereocenters. The molecule has 0 unspecified atom stereocenters. The maximum Gasteiger partial charge on any atom is 0.224 e. The Labute approximate surface area is 101 Å². The summed E-state index contributed by atoms with van der Waals surface area (Å²) in [6, 6.07) is 3.42. The van der Waals surface area contributed by atoms with Crippen LogP contribution in [-0.2, 0) is 0 Å². The molecular formula is C9H5Cl3N2O. The van der Waals surface area contributed by atoms with E-state index in [1.165, 1.54) is 7.11 Å². The summed E-state index contributed by atoms with van der Waals surface area (Å²) in [7, 11) is 1.53. The zero-order chi connectivity index (χ0) is 11.0. The van der Waals surface area contributed by atoms with Crippen LogP contribution in [0.4, 0.5) is 0 Å². The van der Waals surface area contributed by atoms with Gasteiger partial charge in [-0.2, -0.15) is 0 Å². The summed E-state index contributed by atoms with van der Waals surface area (Å²) in [6.07, 6.45) is 0. The average Bonchev–Trinajstić information content (AvgIpc) is 2.17. The van der Waals surface area contributed by atoms with Crippen molar-refractivity contribution >= 4 is 45.7 Å². The van der Waals surface area contributed by atoms with Gasteiger partial charge in [0.25, 0.3) is 0 Å². The fourth-order valence-corrected chi connectivity index (χ4v) is 2.12. The molecule has 2 rings (SSSR count). The fraction of sp³-hybridized carbons (Fsp3) is 0.111. The molecule has 0 amide bonds. The highest BCUT2D eigenvalue weighted by Gasteiger charge is 2.12. The lowest BCUT2D eigenvalue weighted by atomic mass is 10.2. The van der Waals surface area contributed by atoms with Crippen LogP contribution >= 0.6 is 34.8 Å². The first kappa shape index (κ1) is 10.7. The zero-order valence-corrected chi connectivity index (χ0v) is 9.86. The molecule has 15 heavy (non-hydrogen) atoms. The molecule has 0 aliphatic carbocycles. The Balaban J connectivity index is 2.87. The molecule has 0 saturated heterocycles. The van der Waals surface area contributed by atoms with Crippen molar-refractivity contribution in [2.24, 2.45) is 0 Å². The second kappa shape index (κ2) is 4.00. The van der Waals surface area contributed by atoms with E-state index in [4.69, 9.17) is 39.5 Å². The number of ether oxygens (including phenoxy) is 1. The van der Waals surface area contributed by atoms with Gasteiger partial charge in [0.05, 0.1) is 23.0 Å². The topological polar surface area (TPSA) is 35.0 Å². The molecule has 1 heterocycles. The zero-order valence-electron chi connectivity index (χ0n) is 7.59. The van der Waals surface area contributed by atoms with Gasteiger partial charge in [-0.3, -0.25) is 0 Å². The van der Waals surface area contributed by atoms with E-state index in [0.717, 1.165) is 0 Å². The molecule has 0 bridgehead atoms. The molecule has 0 spiro atoms. The van der Waals surface area contributed by atoms with Gasteiger partial charge in [0, 0.05) is 0 Å². The average molecular weight is 264 g/mol. The minimum atomic E-state index is 0.0914. The summed E-state index contributed by atoms with van der Waals surface area (Å²) in [4.78, 5) is 7.82. The Hall–Kier alpha value is -0.770. The monoisotopic (exact) mass is 262 g/mol. The Morgan fingerprint density at radius 2 is 1.87 bits per heavy atom. The van der Waals surface area contributed by atoms with Crippen LogP contribution < -0.4 is 4.74 Å². The minimum Gasteiger partial charge on any atom is -0.495 e. The van der Waals surface area contributed by atoms with Crippen molar-refractivity contribution in [3.8, 4) is 5.75 Å². The van der Waals surface area contributed by atoms with E-state index in [9.17, 15) is 0 Å². The van der Waals surface area contributed by atoms with Gasteiger partial charge >= 0.3 is 0 Å². The van der Waals surface area contributed by atoms with E-state index in [0.29, 0.717) is 21.7 Å². The van der Waals surface area contributed by atoms with Crippen molar-refractivity contribution in [1.29, 1.82) is 0 Å². The largest absolute Gasteiger partial charge is 0.495 e. The normalized spacial score (nSPS) is 10.7. The lowest BCUT2D eigenvalue weighted by Gasteiger charge is -2.06. The summed E-state index contributed by atoms with van der Waals surface area (Å²) in [5, 5.41) is 1.24. The molecule has 2 aromatic rings. The van der Waals surface area contributed by atoms with Gasteiger partial charge in [-0.25, -0.2) is 9.97 Å². The van der Waals surface area contributed by atoms with Crippen LogP contribution in [0.3, 0.4) is 0 Å². The quantitative estimate of drug-likeness (QED) is 0.582. The standard InChI is InChI=1S/C9H5Cl3N2O/c1-15-5-3-2-4-6(7(5)10)8(11)14-9(12)13-4/h2-3H,1H3. The van der Waals surface area contributed by atoms with Crippen molar-refractivity contribution in [2.75, 3.05) is 7.11 Å². The summed E-state index contributed by atoms with van der Waals surface area (Å²) < 4.78 is 5.06. The van der Waals surface area contributed by atoms with E-state index < -0.39 is 0 Å². The number of hydrogen-bond donors (Lipinski definition) is 0. The molecular weight excluding hydrogens is 258 g/mol. The third-order valence-electron chi connectivity index (χ3n) is 1.91. The second-order valence-electron chi connectivity index (χ2n) is 2.76. The molecule has 3 nitrogen and oxygen atoms in total. The molecule has 1 aromatic carbocycles. The molecule has 0 aliphatic rings. The van der Waals surface area contributed by atoms with Crippen molar-refractivity contribution in [3.05, 3.63) is 27.6 Å². The summed E-state index contributed by atoms with van der Waals surface area (Å²) in [5.41, 5.74) is 0.589. The lowest BCUT2D eigenvalue weighted by Crippen LogP contribution is -1.90. The Morgan fingerprint density at radius 3 is 2.53 bits per heavy atom. The van der Waals surface area contributed by atoms with Crippen LogP contribution in [0.2, 0.25) is 15.5 Å². The number of hydrogen-bond acceptors (Lipinski definition) is 3. The molecule has 0 saturated carbocycles. The van der Waals surface area contributed by atoms with Crippen molar-refractivity contribution in [1.82, 2.24) is 9.97 Å². The SMILES string of the molecule is COc1ccc2nc(Cl)nc(Cl)c2c1Cl. The lowest BCUT2D eigenvalue weighted by molar-refractivity contribution is 0.415. The van der Waals surface area contributed by atoms with Crippen LogP contribution in [-0.4, -0.2) is 17.1 Å². The van der Waals surface area contributed by atoms with Gasteiger partial charge < -0.3 is 4.74 Å². The number of aromatic nitrogens is 2. The van der Waals surface area contributed by atoms with E-state index in [1.54, 1.807) is 12.1 Å². The van der Waals surface area contributed by atoms with Gasteiger partial charge in [0.15, 0.2) is 0 Å². The third kappa shape index (κ3) is 1.83. The molecule has 0 N–H and O–H groups in total. The molecule has 0 radical (unpaired) electrons. The maximum atomic E-state index is 6.07. The van der Waals surface area contributed by atoms with Gasteiger partial charge in [0.1, 0.15) is 10.9 Å². The highest BCUT2D eigenvalue weighted by atomic mass is 35.5. The van der Waals surface area contributed by atoms with Gasteiger partial charge in [-0.05, 0) is 23.7 Å². The van der Waals surface area contributed by atoms with E-state index >= 15 is 0 Å². The Kier molecular flexibility index (Phi) is 2.87. The van der Waals surface area contributed by atoms with E-state index in [1.807, 2.05) is 0 Å². The summed E-state index contributed by atoms with van der Waals surface area (Å²) >= 11 is 17.7. The predicted molar refractivity (Wildman–Crippen MR) is 61.1 cm³/mol. The van der Waals surface area contributed by atoms with Crippen molar-refractivity contribution in [3.63, 3.8) is 0 Å². The number of halogens is 3. The first-order valence-electron chi connectivity index (χ1n) is 3.98. The first-order valence-corrected chi connectivity index (χ1v) is 5.12. The third-order valence-corrected chi connectivity index (χ3v) is 2.73. The fourth-order valence-electron chi connectivity index (χ4n) is 1.26. The van der Waals surface area contributed by atoms with Crippen LogP contribution in [0, 0.1) is 0 Å². The van der Waals surface area contributed by atoms with Crippen LogP contribution in [0.5, 0.6) is 5.75 Å². The Morgan fingerprint density at radius 1 is 1.13 bits per heavy atom. The van der Waals surface area contributed by atoms with Gasteiger partial charge in [0.2, 0.25) is 5.28 Å². The van der Waals surface area contributed by atoms with Crippen molar-refractivity contribution in [2.45, 2.75) is 0 Å². The number of methoxy groups -OCH3 is 1. The molecule has 0 aliphatic heterocycles. The van der Waals surface area contributed by atoms with Gasteiger partial charge in [-0.1, -0.05) is 23.2 Å². The predicted octanol–water partition coefficient (Wildman–Crippen LogP) is 3.60. The minimum absolute atomic E-state index is 0.0914. The number of nitrogens with zero attached hydrogens (tertiary/aromatic N) is 2. The molecule has 78 valence electrons. The number of rotatable bonds is 1. The maximum absolute atomic E-state index is 6.07. The van der Waals surface area contributed by atoms with Crippen LogP contribution in [0.25, 0.3) is 10.9 Å². The van der Waals surface area contributed by atoms with E-state index in [2.05, 4.69) is 9.97 Å². The summed E-state index contributed by atoms with van der Waals surface area (Å²) in [6.45, 7) is 0. The highest BCUT2D eigenvalue weighted by Crippen LogP contribution is 2.35. The second-order valence-corrected chi connectivity index (χ2v) is 3.83. The molecule has 0 fully saturated rings. The number of fused-ring (bicyclic) bond motifs is 1. The highest BCUT2D eigenvalue weighted by molar-refractivity contribution is 6.42. The van der Waals surface area contributed by atoms with Crippen LogP contribution in [0.1, 0.15) is 0 Å². The smallest absolute Gasteiger partial charge is 0.224 e. The van der Waals surface area contributed by atoms with Crippen molar-refractivity contribution < 1.29 is 4.74 Å². The first-order chi connectivity index (χ1) is 7.13. The van der Waals surface area contributed by atoms with Crippen LogP contribution in [0.15, 0.2) is 12.1 Å². The molecule has 1 aromatic heterocycles. The Bertz CT molecular complexity index is 530. The number of benzene rings is 1. The van der Waals surface area contributed by atoms with E-state index in [-0.39, 0.29) is 10.4 Å². The van der Waals surface area contributed by atoms with Gasteiger partial charge in [-0.15, -0.1) is 0 Å². The molecule has 6 heteroatoms. The summed E-state index contributed by atoms with van der Waals surface area (Å²) in [5.74, 6) is 0.525.